The Bertz CT molecular complexity index is 639. The van der Waals surface area contributed by atoms with Gasteiger partial charge in [0, 0.05) is 11.0 Å². The largest absolute Gasteiger partial charge is 0.466 e. The lowest BCUT2D eigenvalue weighted by atomic mass is 9.33. The van der Waals surface area contributed by atoms with Gasteiger partial charge in [0.15, 0.2) is 5.78 Å². The highest BCUT2D eigenvalue weighted by Crippen LogP contribution is 2.74. The van der Waals surface area contributed by atoms with Gasteiger partial charge in [-0.3, -0.25) is 9.59 Å². The van der Waals surface area contributed by atoms with Crippen LogP contribution in [0, 0.1) is 10.8 Å². The fourth-order valence-corrected chi connectivity index (χ4v) is 3.81. The molecular weight excluding hydrogens is 296 g/mol. The van der Waals surface area contributed by atoms with Crippen LogP contribution >= 0.6 is 0 Å². The van der Waals surface area contributed by atoms with Crippen LogP contribution in [0.5, 0.6) is 0 Å². The maximum Gasteiger partial charge on any atom is 0.338 e. The molecule has 122 valence electrons. The predicted octanol–water partition coefficient (Wildman–Crippen LogP) is 2.78. The molecule has 2 bridgehead atoms. The summed E-state index contributed by atoms with van der Waals surface area (Å²) in [6.45, 7) is 4.22. The third-order valence-corrected chi connectivity index (χ3v) is 4.88. The molecule has 0 aromatic heterocycles. The van der Waals surface area contributed by atoms with E-state index in [-0.39, 0.29) is 11.8 Å². The maximum atomic E-state index is 12.6. The van der Waals surface area contributed by atoms with Crippen molar-refractivity contribution in [3.05, 3.63) is 35.4 Å². The smallest absolute Gasteiger partial charge is 0.338 e. The number of hydrogen-bond acceptors (Lipinski definition) is 5. The Morgan fingerprint density at radius 3 is 1.91 bits per heavy atom. The summed E-state index contributed by atoms with van der Waals surface area (Å²) in [7, 11) is 0. The quantitative estimate of drug-likeness (QED) is 0.596. The number of carbonyl (C=O) groups excluding carboxylic acids is 3. The number of carbonyl (C=O) groups is 3. The molecule has 3 fully saturated rings. The third kappa shape index (κ3) is 2.35. The number of hydrogen-bond donors (Lipinski definition) is 0. The van der Waals surface area contributed by atoms with Crippen molar-refractivity contribution in [1.82, 2.24) is 0 Å². The van der Waals surface area contributed by atoms with Gasteiger partial charge in [0.05, 0.1) is 24.2 Å². The van der Waals surface area contributed by atoms with Crippen molar-refractivity contribution in [1.29, 1.82) is 0 Å². The molecule has 0 saturated heterocycles. The van der Waals surface area contributed by atoms with E-state index in [1.54, 1.807) is 38.1 Å². The van der Waals surface area contributed by atoms with Crippen LogP contribution in [0.4, 0.5) is 0 Å². The van der Waals surface area contributed by atoms with Gasteiger partial charge in [-0.05, 0) is 45.2 Å². The van der Waals surface area contributed by atoms with Crippen molar-refractivity contribution < 1.29 is 23.9 Å². The van der Waals surface area contributed by atoms with Gasteiger partial charge in [0.2, 0.25) is 0 Å². The van der Waals surface area contributed by atoms with Crippen LogP contribution in [0.2, 0.25) is 0 Å². The number of ketones is 1. The van der Waals surface area contributed by atoms with E-state index in [1.807, 2.05) is 0 Å². The summed E-state index contributed by atoms with van der Waals surface area (Å²) < 4.78 is 10.0. The molecule has 5 nitrogen and oxygen atoms in total. The zero-order valence-electron chi connectivity index (χ0n) is 13.4. The van der Waals surface area contributed by atoms with Gasteiger partial charge in [-0.1, -0.05) is 12.1 Å². The molecule has 1 aromatic rings. The van der Waals surface area contributed by atoms with Gasteiger partial charge >= 0.3 is 11.9 Å². The van der Waals surface area contributed by atoms with Crippen molar-refractivity contribution in [2.45, 2.75) is 33.1 Å². The molecule has 0 heterocycles. The molecule has 4 rings (SSSR count). The molecule has 3 saturated carbocycles. The molecule has 0 N–H and O–H groups in total. The lowest BCUT2D eigenvalue weighted by molar-refractivity contribution is -0.209. The number of esters is 2. The molecule has 23 heavy (non-hydrogen) atoms. The Morgan fingerprint density at radius 2 is 1.39 bits per heavy atom. The first kappa shape index (κ1) is 15.7. The van der Waals surface area contributed by atoms with Crippen molar-refractivity contribution in [2.24, 2.45) is 10.8 Å². The fraction of sp³-hybridized carbons (Fsp3) is 0.500. The predicted molar refractivity (Wildman–Crippen MR) is 82.1 cm³/mol. The van der Waals surface area contributed by atoms with E-state index in [0.29, 0.717) is 43.6 Å². The van der Waals surface area contributed by atoms with Crippen LogP contribution in [0.25, 0.3) is 0 Å². The summed E-state index contributed by atoms with van der Waals surface area (Å²) in [6.07, 6.45) is 1.74. The molecule has 0 atom stereocenters. The first-order chi connectivity index (χ1) is 11.0. The molecule has 0 aliphatic heterocycles. The first-order valence-electron chi connectivity index (χ1n) is 7.95. The minimum atomic E-state index is -0.420. The number of ether oxygens (including phenoxy) is 2. The van der Waals surface area contributed by atoms with E-state index in [9.17, 15) is 14.4 Å². The van der Waals surface area contributed by atoms with Crippen LogP contribution in [-0.4, -0.2) is 30.9 Å². The summed E-state index contributed by atoms with van der Waals surface area (Å²) >= 11 is 0. The van der Waals surface area contributed by atoms with Gasteiger partial charge in [-0.2, -0.15) is 0 Å². The Labute approximate surface area is 135 Å². The minimum Gasteiger partial charge on any atom is -0.466 e. The Balaban J connectivity index is 1.65. The normalized spacial score (nSPS) is 27.4. The van der Waals surface area contributed by atoms with E-state index in [1.165, 1.54) is 0 Å². The van der Waals surface area contributed by atoms with E-state index in [4.69, 9.17) is 9.47 Å². The molecule has 5 heteroatoms. The summed E-state index contributed by atoms with van der Waals surface area (Å²) in [4.78, 5) is 36.1. The van der Waals surface area contributed by atoms with Crippen LogP contribution < -0.4 is 0 Å². The first-order valence-corrected chi connectivity index (χ1v) is 7.95. The van der Waals surface area contributed by atoms with E-state index < -0.39 is 16.8 Å². The molecule has 0 amide bonds. The SMILES string of the molecule is CCOC(=O)c1ccc(C(=O)C23CC(C(=O)OCC)(C2)C3)cc1. The Morgan fingerprint density at radius 1 is 0.870 bits per heavy atom. The Hall–Kier alpha value is -2.17. The van der Waals surface area contributed by atoms with Crippen LogP contribution in [-0.2, 0) is 14.3 Å². The lowest BCUT2D eigenvalue weighted by Gasteiger charge is -2.67. The van der Waals surface area contributed by atoms with Crippen molar-refractivity contribution in [3.63, 3.8) is 0 Å². The second-order valence-electron chi connectivity index (χ2n) is 6.44. The van der Waals surface area contributed by atoms with Gasteiger partial charge in [0.25, 0.3) is 0 Å². The standard InChI is InChI=1S/C18H20O5/c1-3-22-15(20)13-7-5-12(6-8-13)14(19)17-9-18(10-17,11-17)16(21)23-4-2/h5-8H,3-4,9-11H2,1-2H3. The molecule has 1 aromatic carbocycles. The second-order valence-corrected chi connectivity index (χ2v) is 6.44. The monoisotopic (exact) mass is 316 g/mol. The zero-order chi connectivity index (χ0) is 16.7. The van der Waals surface area contributed by atoms with Crippen LogP contribution in [0.15, 0.2) is 24.3 Å². The molecule has 3 aliphatic carbocycles. The summed E-state index contributed by atoms with van der Waals surface area (Å²) in [5.41, 5.74) is 0.188. The number of benzene rings is 1. The average molecular weight is 316 g/mol. The highest BCUT2D eigenvalue weighted by Gasteiger charge is 2.75. The van der Waals surface area contributed by atoms with Crippen LogP contribution in [0.3, 0.4) is 0 Å². The van der Waals surface area contributed by atoms with Crippen molar-refractivity contribution in [3.8, 4) is 0 Å². The van der Waals surface area contributed by atoms with Gasteiger partial charge in [-0.25, -0.2) is 4.79 Å². The van der Waals surface area contributed by atoms with E-state index in [2.05, 4.69) is 0 Å². The summed E-state index contributed by atoms with van der Waals surface area (Å²) in [5, 5.41) is 0. The summed E-state index contributed by atoms with van der Waals surface area (Å²) in [5.74, 6) is -0.510. The lowest BCUT2D eigenvalue weighted by Crippen LogP contribution is -2.68. The highest BCUT2D eigenvalue weighted by atomic mass is 16.5. The average Bonchev–Trinajstić information content (AvgIpc) is 2.45. The maximum absolute atomic E-state index is 12.6. The molecule has 0 radical (unpaired) electrons. The van der Waals surface area contributed by atoms with Gasteiger partial charge in [0.1, 0.15) is 0 Å². The van der Waals surface area contributed by atoms with Gasteiger partial charge < -0.3 is 9.47 Å². The summed E-state index contributed by atoms with van der Waals surface area (Å²) in [6, 6.07) is 6.54. The van der Waals surface area contributed by atoms with Gasteiger partial charge in [-0.15, -0.1) is 0 Å². The Kier molecular flexibility index (Phi) is 3.74. The van der Waals surface area contributed by atoms with E-state index >= 15 is 0 Å². The molecule has 0 unspecified atom stereocenters. The fourth-order valence-electron chi connectivity index (χ4n) is 3.81. The second kappa shape index (κ2) is 5.48. The van der Waals surface area contributed by atoms with Crippen molar-refractivity contribution in [2.75, 3.05) is 13.2 Å². The van der Waals surface area contributed by atoms with Crippen molar-refractivity contribution >= 4 is 17.7 Å². The minimum absolute atomic E-state index is 0.0547. The molecular formula is C18H20O5. The highest BCUT2D eigenvalue weighted by molar-refractivity contribution is 6.05. The van der Waals surface area contributed by atoms with E-state index in [0.717, 1.165) is 0 Å². The van der Waals surface area contributed by atoms with Crippen LogP contribution in [0.1, 0.15) is 53.8 Å². The third-order valence-electron chi connectivity index (χ3n) is 4.88. The number of Topliss-reactive ketones (excluding diaryl/α,β-unsaturated/α-hetero) is 1. The topological polar surface area (TPSA) is 69.7 Å². The molecule has 3 aliphatic rings. The zero-order valence-corrected chi connectivity index (χ0v) is 13.4. The number of rotatable bonds is 6. The molecule has 0 spiro atoms.